The Morgan fingerprint density at radius 2 is 1.78 bits per heavy atom. The van der Waals surface area contributed by atoms with Crippen LogP contribution in [0.15, 0.2) is 24.3 Å². The number of rotatable bonds is 9. The second-order valence-electron chi connectivity index (χ2n) is 9.85. The van der Waals surface area contributed by atoms with Crippen molar-refractivity contribution in [3.63, 3.8) is 0 Å². The van der Waals surface area contributed by atoms with Gasteiger partial charge >= 0.3 is 6.09 Å². The molecule has 1 aromatic carbocycles. The van der Waals surface area contributed by atoms with Gasteiger partial charge in [0.25, 0.3) is 0 Å². The first-order valence-electron chi connectivity index (χ1n) is 11.9. The molecule has 0 radical (unpaired) electrons. The van der Waals surface area contributed by atoms with Gasteiger partial charge in [-0.05, 0) is 52.5 Å². The summed E-state index contributed by atoms with van der Waals surface area (Å²) in [6.45, 7) is 7.23. The zero-order chi connectivity index (χ0) is 26.5. The summed E-state index contributed by atoms with van der Waals surface area (Å²) in [7, 11) is 3.06. The van der Waals surface area contributed by atoms with Crippen LogP contribution in [0.5, 0.6) is 11.5 Å². The van der Waals surface area contributed by atoms with Crippen LogP contribution < -0.4 is 25.4 Å². The standard InChI is InChI=1S/C26H34FN5O4/c1-15(29-25(33)36-26(2,3)4)22(16-8-7-9-16)31-24-21(27)10-17(14-28)23(32-24)30-18-11-19(34-5)13-20(12-18)35-6/h10-13,15-16,22H,7-9H2,1-6H3,(H,29,33)(H2,30,31,32)/t15-,22-/m0/s1. The van der Waals surface area contributed by atoms with Gasteiger partial charge in [-0.2, -0.15) is 5.26 Å². The van der Waals surface area contributed by atoms with Gasteiger partial charge in [-0.15, -0.1) is 0 Å². The summed E-state index contributed by atoms with van der Waals surface area (Å²) in [5.74, 6) is 0.823. The Labute approximate surface area is 211 Å². The number of pyridine rings is 1. The number of aromatic nitrogens is 1. The van der Waals surface area contributed by atoms with Crippen molar-refractivity contribution >= 4 is 23.4 Å². The molecule has 36 heavy (non-hydrogen) atoms. The van der Waals surface area contributed by atoms with Crippen LogP contribution in [0.1, 0.15) is 52.5 Å². The van der Waals surface area contributed by atoms with Gasteiger partial charge in [0.2, 0.25) is 0 Å². The number of halogens is 1. The number of carbonyl (C=O) groups excluding carboxylic acids is 1. The molecule has 194 valence electrons. The molecule has 9 nitrogen and oxygen atoms in total. The molecule has 1 amide bonds. The molecule has 1 aromatic heterocycles. The number of hydrogen-bond acceptors (Lipinski definition) is 8. The van der Waals surface area contributed by atoms with Crippen LogP contribution in [-0.4, -0.2) is 43.0 Å². The lowest BCUT2D eigenvalue weighted by molar-refractivity contribution is 0.0492. The quantitative estimate of drug-likeness (QED) is 0.423. The average molecular weight is 500 g/mol. The van der Waals surface area contributed by atoms with Crippen molar-refractivity contribution in [3.8, 4) is 17.6 Å². The normalized spacial score (nSPS) is 15.1. The number of anilines is 3. The first kappa shape index (κ1) is 26.9. The Morgan fingerprint density at radius 1 is 1.14 bits per heavy atom. The molecule has 0 spiro atoms. The number of nitriles is 1. The summed E-state index contributed by atoms with van der Waals surface area (Å²) in [6, 6.07) is 7.61. The van der Waals surface area contributed by atoms with Crippen molar-refractivity contribution in [2.45, 2.75) is 64.6 Å². The van der Waals surface area contributed by atoms with Crippen molar-refractivity contribution in [3.05, 3.63) is 35.6 Å². The molecular formula is C26H34FN5O4. The highest BCUT2D eigenvalue weighted by molar-refractivity contribution is 5.69. The highest BCUT2D eigenvalue weighted by atomic mass is 19.1. The van der Waals surface area contributed by atoms with Gasteiger partial charge in [0.15, 0.2) is 17.5 Å². The second-order valence-corrected chi connectivity index (χ2v) is 9.85. The molecule has 1 saturated carbocycles. The number of hydrogen-bond donors (Lipinski definition) is 3. The molecule has 3 N–H and O–H groups in total. The van der Waals surface area contributed by atoms with Crippen molar-refractivity contribution < 1.29 is 23.4 Å². The van der Waals surface area contributed by atoms with E-state index >= 15 is 4.39 Å². The van der Waals surface area contributed by atoms with E-state index in [-0.39, 0.29) is 35.2 Å². The van der Waals surface area contributed by atoms with Crippen molar-refractivity contribution in [1.82, 2.24) is 10.3 Å². The second kappa shape index (κ2) is 11.3. The van der Waals surface area contributed by atoms with Gasteiger partial charge in [-0.3, -0.25) is 0 Å². The average Bonchev–Trinajstić information content (AvgIpc) is 2.77. The van der Waals surface area contributed by atoms with E-state index in [9.17, 15) is 10.1 Å². The zero-order valence-corrected chi connectivity index (χ0v) is 21.6. The van der Waals surface area contributed by atoms with E-state index in [0.29, 0.717) is 17.2 Å². The Kier molecular flexibility index (Phi) is 8.45. The van der Waals surface area contributed by atoms with Crippen LogP contribution in [-0.2, 0) is 4.74 Å². The van der Waals surface area contributed by atoms with Gasteiger partial charge in [0, 0.05) is 29.9 Å². The molecule has 10 heteroatoms. The van der Waals surface area contributed by atoms with Crippen molar-refractivity contribution in [1.29, 1.82) is 5.26 Å². The number of nitrogens with zero attached hydrogens (tertiary/aromatic N) is 2. The molecule has 1 aliphatic rings. The lowest BCUT2D eigenvalue weighted by Gasteiger charge is -2.38. The summed E-state index contributed by atoms with van der Waals surface area (Å²) in [4.78, 5) is 16.8. The topological polar surface area (TPSA) is 118 Å². The summed E-state index contributed by atoms with van der Waals surface area (Å²) in [5, 5.41) is 18.7. The predicted octanol–water partition coefficient (Wildman–Crippen LogP) is 5.35. The Hall–Kier alpha value is -3.74. The number of amides is 1. The molecule has 1 aliphatic carbocycles. The molecule has 3 rings (SSSR count). The monoisotopic (exact) mass is 499 g/mol. The minimum Gasteiger partial charge on any atom is -0.497 e. The van der Waals surface area contributed by atoms with E-state index in [1.54, 1.807) is 39.0 Å². The molecule has 1 fully saturated rings. The summed E-state index contributed by atoms with van der Waals surface area (Å²) in [5.41, 5.74) is -0.0314. The van der Waals surface area contributed by atoms with E-state index in [1.165, 1.54) is 14.2 Å². The third kappa shape index (κ3) is 6.90. The maximum absolute atomic E-state index is 15.0. The Balaban J connectivity index is 1.87. The predicted molar refractivity (Wildman–Crippen MR) is 135 cm³/mol. The molecule has 0 unspecified atom stereocenters. The number of alkyl carbamates (subject to hydrolysis) is 1. The molecule has 2 atom stereocenters. The zero-order valence-electron chi connectivity index (χ0n) is 21.6. The van der Waals surface area contributed by atoms with E-state index in [0.717, 1.165) is 25.3 Å². The lowest BCUT2D eigenvalue weighted by Crippen LogP contribution is -2.51. The third-order valence-electron chi connectivity index (χ3n) is 5.95. The smallest absolute Gasteiger partial charge is 0.407 e. The van der Waals surface area contributed by atoms with Crippen LogP contribution in [0.3, 0.4) is 0 Å². The van der Waals surface area contributed by atoms with E-state index in [2.05, 4.69) is 20.9 Å². The summed E-state index contributed by atoms with van der Waals surface area (Å²) >= 11 is 0. The summed E-state index contributed by atoms with van der Waals surface area (Å²) < 4.78 is 31.0. The Morgan fingerprint density at radius 3 is 2.28 bits per heavy atom. The molecule has 0 bridgehead atoms. The van der Waals surface area contributed by atoms with Crippen molar-refractivity contribution in [2.24, 2.45) is 5.92 Å². The number of benzene rings is 1. The van der Waals surface area contributed by atoms with Crippen LogP contribution in [0.25, 0.3) is 0 Å². The molecule has 0 aliphatic heterocycles. The molecule has 2 aromatic rings. The Bertz CT molecular complexity index is 1100. The highest BCUT2D eigenvalue weighted by Crippen LogP contribution is 2.34. The van der Waals surface area contributed by atoms with Crippen LogP contribution in [0, 0.1) is 23.1 Å². The molecule has 0 saturated heterocycles. The van der Waals surface area contributed by atoms with Crippen LogP contribution >= 0.6 is 0 Å². The summed E-state index contributed by atoms with van der Waals surface area (Å²) in [6.07, 6.45) is 2.43. The lowest BCUT2D eigenvalue weighted by atomic mass is 9.77. The maximum atomic E-state index is 15.0. The van der Waals surface area contributed by atoms with Gasteiger partial charge in [0.1, 0.15) is 23.2 Å². The van der Waals surface area contributed by atoms with Crippen molar-refractivity contribution in [2.75, 3.05) is 24.9 Å². The van der Waals surface area contributed by atoms with E-state index < -0.39 is 17.5 Å². The van der Waals surface area contributed by atoms with Gasteiger partial charge in [0.05, 0.1) is 25.8 Å². The van der Waals surface area contributed by atoms with Gasteiger partial charge in [-0.1, -0.05) is 6.42 Å². The van der Waals surface area contributed by atoms with Crippen LogP contribution in [0.2, 0.25) is 0 Å². The fourth-order valence-electron chi connectivity index (χ4n) is 3.98. The van der Waals surface area contributed by atoms with E-state index in [1.807, 2.05) is 13.0 Å². The molecular weight excluding hydrogens is 465 g/mol. The van der Waals surface area contributed by atoms with Crippen LogP contribution in [0.4, 0.5) is 26.5 Å². The largest absolute Gasteiger partial charge is 0.497 e. The maximum Gasteiger partial charge on any atom is 0.407 e. The third-order valence-corrected chi connectivity index (χ3v) is 5.95. The number of methoxy groups -OCH3 is 2. The first-order valence-corrected chi connectivity index (χ1v) is 11.9. The SMILES string of the molecule is COc1cc(Nc2nc(N[C@H](C3CCC3)[C@H](C)NC(=O)OC(C)(C)C)c(F)cc2C#N)cc(OC)c1. The molecule has 1 heterocycles. The highest BCUT2D eigenvalue weighted by Gasteiger charge is 2.34. The number of carbonyl (C=O) groups is 1. The minimum atomic E-state index is -0.658. The number of nitrogens with one attached hydrogen (secondary N) is 3. The fourth-order valence-corrected chi connectivity index (χ4v) is 3.98. The number of ether oxygens (including phenoxy) is 3. The van der Waals surface area contributed by atoms with Gasteiger partial charge < -0.3 is 30.2 Å². The van der Waals surface area contributed by atoms with E-state index in [4.69, 9.17) is 14.2 Å². The minimum absolute atomic E-state index is 0.0129. The van der Waals surface area contributed by atoms with Gasteiger partial charge in [-0.25, -0.2) is 14.2 Å². The fraction of sp³-hybridized carbons (Fsp3) is 0.500. The first-order chi connectivity index (χ1) is 17.0.